The Morgan fingerprint density at radius 3 is 2.87 bits per heavy atom. The molecule has 0 saturated carbocycles. The van der Waals surface area contributed by atoms with Crippen LogP contribution in [-0.2, 0) is 17.8 Å². The highest BCUT2D eigenvalue weighted by atomic mass is 16.1. The second kappa shape index (κ2) is 4.45. The van der Waals surface area contributed by atoms with Crippen molar-refractivity contribution in [3.63, 3.8) is 0 Å². The molecule has 1 aliphatic rings. The molecular weight excluding hydrogens is 188 g/mol. The first kappa shape index (κ1) is 10.2. The van der Waals surface area contributed by atoms with Crippen molar-refractivity contribution in [3.05, 3.63) is 35.4 Å². The van der Waals surface area contributed by atoms with Crippen LogP contribution < -0.4 is 5.32 Å². The van der Waals surface area contributed by atoms with Crippen molar-refractivity contribution in [2.45, 2.75) is 19.9 Å². The van der Waals surface area contributed by atoms with E-state index < -0.39 is 0 Å². The minimum absolute atomic E-state index is 0.0360. The van der Waals surface area contributed by atoms with Crippen molar-refractivity contribution in [2.75, 3.05) is 13.2 Å². The molecule has 15 heavy (non-hydrogen) atoms. The molecular formula is C12H16N2O. The molecule has 0 saturated heterocycles. The number of nitrogens with one attached hydrogen (secondary N) is 1. The van der Waals surface area contributed by atoms with E-state index in [-0.39, 0.29) is 5.91 Å². The third-order valence-electron chi connectivity index (χ3n) is 2.76. The summed E-state index contributed by atoms with van der Waals surface area (Å²) in [7, 11) is 0. The first-order chi connectivity index (χ1) is 7.25. The number of hydrogen-bond acceptors (Lipinski definition) is 2. The summed E-state index contributed by atoms with van der Waals surface area (Å²) in [6.45, 7) is 4.18. The number of amides is 1. The quantitative estimate of drug-likeness (QED) is 0.783. The van der Waals surface area contributed by atoms with Crippen LogP contribution in [0, 0.1) is 0 Å². The van der Waals surface area contributed by atoms with E-state index >= 15 is 0 Å². The third kappa shape index (κ3) is 2.57. The molecule has 1 aromatic carbocycles. The normalized spacial score (nSPS) is 15.8. The summed E-state index contributed by atoms with van der Waals surface area (Å²) in [5.74, 6) is 0.0360. The Kier molecular flexibility index (Phi) is 3.02. The summed E-state index contributed by atoms with van der Waals surface area (Å²) in [4.78, 5) is 13.0. The van der Waals surface area contributed by atoms with E-state index in [9.17, 15) is 4.79 Å². The van der Waals surface area contributed by atoms with Crippen molar-refractivity contribution >= 4 is 5.91 Å². The summed E-state index contributed by atoms with van der Waals surface area (Å²) in [5.41, 5.74) is 2.82. The van der Waals surface area contributed by atoms with Crippen molar-refractivity contribution in [2.24, 2.45) is 0 Å². The fourth-order valence-corrected chi connectivity index (χ4v) is 1.91. The standard InChI is InChI=1S/C12H16N2O/c1-10(15)13-9-14-7-6-11-4-2-3-5-12(11)8-14/h2-5H,6-9H2,1H3,(H,13,15). The van der Waals surface area contributed by atoms with Crippen LogP contribution in [0.2, 0.25) is 0 Å². The molecule has 0 unspecified atom stereocenters. The molecule has 2 rings (SSSR count). The average Bonchev–Trinajstić information content (AvgIpc) is 2.26. The monoisotopic (exact) mass is 204 g/mol. The molecule has 0 atom stereocenters. The van der Waals surface area contributed by atoms with Gasteiger partial charge in [0.15, 0.2) is 0 Å². The van der Waals surface area contributed by atoms with Gasteiger partial charge in [-0.3, -0.25) is 9.69 Å². The summed E-state index contributed by atoms with van der Waals surface area (Å²) in [6, 6.07) is 8.50. The van der Waals surface area contributed by atoms with Gasteiger partial charge < -0.3 is 5.32 Å². The molecule has 0 aromatic heterocycles. The lowest BCUT2D eigenvalue weighted by molar-refractivity contribution is -0.119. The minimum atomic E-state index is 0.0360. The SMILES string of the molecule is CC(=O)NCN1CCc2ccccc2C1. The fourth-order valence-electron chi connectivity index (χ4n) is 1.91. The van der Waals surface area contributed by atoms with Gasteiger partial charge >= 0.3 is 0 Å². The van der Waals surface area contributed by atoms with E-state index in [0.717, 1.165) is 19.5 Å². The Labute approximate surface area is 90.1 Å². The van der Waals surface area contributed by atoms with Gasteiger partial charge in [0, 0.05) is 20.0 Å². The number of hydrogen-bond donors (Lipinski definition) is 1. The minimum Gasteiger partial charge on any atom is -0.344 e. The molecule has 0 bridgehead atoms. The number of fused-ring (bicyclic) bond motifs is 1. The Balaban J connectivity index is 1.96. The van der Waals surface area contributed by atoms with Crippen molar-refractivity contribution < 1.29 is 4.79 Å². The van der Waals surface area contributed by atoms with Gasteiger partial charge in [0.25, 0.3) is 0 Å². The van der Waals surface area contributed by atoms with Gasteiger partial charge in [-0.15, -0.1) is 0 Å². The zero-order valence-corrected chi connectivity index (χ0v) is 8.99. The zero-order valence-electron chi connectivity index (χ0n) is 8.99. The third-order valence-corrected chi connectivity index (χ3v) is 2.76. The van der Waals surface area contributed by atoms with Crippen LogP contribution in [0.25, 0.3) is 0 Å². The van der Waals surface area contributed by atoms with Crippen LogP contribution in [0.5, 0.6) is 0 Å². The highest BCUT2D eigenvalue weighted by Crippen LogP contribution is 2.17. The molecule has 0 fully saturated rings. The van der Waals surface area contributed by atoms with Crippen LogP contribution in [0.4, 0.5) is 0 Å². The molecule has 1 heterocycles. The molecule has 1 N–H and O–H groups in total. The van der Waals surface area contributed by atoms with Crippen LogP contribution in [0.3, 0.4) is 0 Å². The van der Waals surface area contributed by atoms with Crippen LogP contribution in [-0.4, -0.2) is 24.0 Å². The van der Waals surface area contributed by atoms with Crippen LogP contribution in [0.15, 0.2) is 24.3 Å². The van der Waals surface area contributed by atoms with E-state index in [1.807, 2.05) is 0 Å². The predicted octanol–water partition coefficient (Wildman–Crippen LogP) is 1.14. The van der Waals surface area contributed by atoms with E-state index in [4.69, 9.17) is 0 Å². The van der Waals surface area contributed by atoms with E-state index in [1.54, 1.807) is 6.92 Å². The highest BCUT2D eigenvalue weighted by Gasteiger charge is 2.14. The lowest BCUT2D eigenvalue weighted by atomic mass is 10.0. The maximum atomic E-state index is 10.8. The molecule has 3 heteroatoms. The molecule has 0 radical (unpaired) electrons. The average molecular weight is 204 g/mol. The smallest absolute Gasteiger partial charge is 0.217 e. The van der Waals surface area contributed by atoms with E-state index in [1.165, 1.54) is 11.1 Å². The number of rotatable bonds is 2. The summed E-state index contributed by atoms with van der Waals surface area (Å²) >= 11 is 0. The van der Waals surface area contributed by atoms with Crippen LogP contribution in [0.1, 0.15) is 18.1 Å². The molecule has 0 aliphatic carbocycles. The van der Waals surface area contributed by atoms with Crippen LogP contribution >= 0.6 is 0 Å². The number of carbonyl (C=O) groups excluding carboxylic acids is 1. The van der Waals surface area contributed by atoms with Gasteiger partial charge in [0.1, 0.15) is 0 Å². The predicted molar refractivity (Wildman–Crippen MR) is 59.2 cm³/mol. The number of nitrogens with zero attached hydrogens (tertiary/aromatic N) is 1. The molecule has 80 valence electrons. The Morgan fingerprint density at radius 2 is 2.13 bits per heavy atom. The second-order valence-electron chi connectivity index (χ2n) is 3.96. The first-order valence-corrected chi connectivity index (χ1v) is 5.29. The van der Waals surface area contributed by atoms with Crippen molar-refractivity contribution in [3.8, 4) is 0 Å². The van der Waals surface area contributed by atoms with E-state index in [0.29, 0.717) is 6.67 Å². The Bertz CT molecular complexity index is 362. The molecule has 1 amide bonds. The van der Waals surface area contributed by atoms with Gasteiger partial charge in [0.2, 0.25) is 5.91 Å². The lowest BCUT2D eigenvalue weighted by Gasteiger charge is -2.28. The summed E-state index contributed by atoms with van der Waals surface area (Å²) in [6.07, 6.45) is 1.08. The zero-order chi connectivity index (χ0) is 10.7. The van der Waals surface area contributed by atoms with Crippen molar-refractivity contribution in [1.82, 2.24) is 10.2 Å². The van der Waals surface area contributed by atoms with Gasteiger partial charge in [-0.2, -0.15) is 0 Å². The number of benzene rings is 1. The maximum Gasteiger partial charge on any atom is 0.217 e. The maximum absolute atomic E-state index is 10.8. The summed E-state index contributed by atoms with van der Waals surface area (Å²) < 4.78 is 0. The summed E-state index contributed by atoms with van der Waals surface area (Å²) in [5, 5.41) is 2.83. The van der Waals surface area contributed by atoms with Gasteiger partial charge in [0.05, 0.1) is 6.67 Å². The van der Waals surface area contributed by atoms with Gasteiger partial charge in [-0.05, 0) is 17.5 Å². The van der Waals surface area contributed by atoms with Gasteiger partial charge in [-0.25, -0.2) is 0 Å². The molecule has 1 aromatic rings. The Hall–Kier alpha value is -1.35. The largest absolute Gasteiger partial charge is 0.344 e. The second-order valence-corrected chi connectivity index (χ2v) is 3.96. The number of carbonyl (C=O) groups is 1. The molecule has 1 aliphatic heterocycles. The Morgan fingerprint density at radius 1 is 1.40 bits per heavy atom. The molecule has 0 spiro atoms. The highest BCUT2D eigenvalue weighted by molar-refractivity contribution is 5.72. The van der Waals surface area contributed by atoms with Gasteiger partial charge in [-0.1, -0.05) is 24.3 Å². The topological polar surface area (TPSA) is 32.3 Å². The lowest BCUT2D eigenvalue weighted by Crippen LogP contribution is -2.39. The fraction of sp³-hybridized carbons (Fsp3) is 0.417. The first-order valence-electron chi connectivity index (χ1n) is 5.29. The van der Waals surface area contributed by atoms with E-state index in [2.05, 4.69) is 34.5 Å². The molecule has 3 nitrogen and oxygen atoms in total. The van der Waals surface area contributed by atoms with Crippen molar-refractivity contribution in [1.29, 1.82) is 0 Å².